The lowest BCUT2D eigenvalue weighted by Gasteiger charge is -2.07. The number of ether oxygens (including phenoxy) is 1. The SMILES string of the molecule is COC(=O)C(N)Cc1ccc(O)cn1. The molecular formula is C9H12N2O3. The molecule has 0 saturated carbocycles. The number of pyridine rings is 1. The van der Waals surface area contributed by atoms with Crippen LogP contribution in [-0.2, 0) is 16.0 Å². The van der Waals surface area contributed by atoms with E-state index in [9.17, 15) is 4.79 Å². The Hall–Kier alpha value is -1.62. The number of rotatable bonds is 3. The number of aromatic hydroxyl groups is 1. The monoisotopic (exact) mass is 196 g/mol. The number of hydrogen-bond donors (Lipinski definition) is 2. The largest absolute Gasteiger partial charge is 0.506 e. The fourth-order valence-corrected chi connectivity index (χ4v) is 0.997. The second-order valence-corrected chi connectivity index (χ2v) is 2.84. The molecule has 0 radical (unpaired) electrons. The Kier molecular flexibility index (Phi) is 3.41. The van der Waals surface area contributed by atoms with Crippen LogP contribution in [0.4, 0.5) is 0 Å². The minimum absolute atomic E-state index is 0.0837. The second-order valence-electron chi connectivity index (χ2n) is 2.84. The van der Waals surface area contributed by atoms with Gasteiger partial charge in [0.05, 0.1) is 13.3 Å². The van der Waals surface area contributed by atoms with E-state index in [0.29, 0.717) is 12.1 Å². The fourth-order valence-electron chi connectivity index (χ4n) is 0.997. The molecule has 0 amide bonds. The molecular weight excluding hydrogens is 184 g/mol. The Labute approximate surface area is 81.5 Å². The minimum atomic E-state index is -0.711. The van der Waals surface area contributed by atoms with Crippen LogP contribution < -0.4 is 5.73 Å². The molecule has 0 bridgehead atoms. The Bertz CT molecular complexity index is 310. The highest BCUT2D eigenvalue weighted by Crippen LogP contribution is 2.07. The number of hydrogen-bond acceptors (Lipinski definition) is 5. The maximum Gasteiger partial charge on any atom is 0.323 e. The van der Waals surface area contributed by atoms with E-state index < -0.39 is 12.0 Å². The maximum atomic E-state index is 11.0. The second kappa shape index (κ2) is 4.57. The smallest absolute Gasteiger partial charge is 0.323 e. The number of esters is 1. The Balaban J connectivity index is 2.60. The van der Waals surface area contributed by atoms with Gasteiger partial charge in [-0.1, -0.05) is 0 Å². The minimum Gasteiger partial charge on any atom is -0.506 e. The summed E-state index contributed by atoms with van der Waals surface area (Å²) in [5.41, 5.74) is 6.16. The molecule has 14 heavy (non-hydrogen) atoms. The zero-order chi connectivity index (χ0) is 10.6. The van der Waals surface area contributed by atoms with Crippen LogP contribution in [0.25, 0.3) is 0 Å². The number of carbonyl (C=O) groups is 1. The predicted octanol–water partition coefficient (Wildman–Crippen LogP) is -0.170. The average Bonchev–Trinajstić information content (AvgIpc) is 2.20. The summed E-state index contributed by atoms with van der Waals surface area (Å²) in [6, 6.07) is 2.39. The number of nitrogens with two attached hydrogens (primary N) is 1. The molecule has 0 aliphatic carbocycles. The molecule has 5 nitrogen and oxygen atoms in total. The van der Waals surface area contributed by atoms with Gasteiger partial charge in [-0.2, -0.15) is 0 Å². The van der Waals surface area contributed by atoms with Crippen LogP contribution in [0.2, 0.25) is 0 Å². The molecule has 1 rings (SSSR count). The average molecular weight is 196 g/mol. The molecule has 1 aromatic rings. The van der Waals surface area contributed by atoms with E-state index in [0.717, 1.165) is 0 Å². The Morgan fingerprint density at radius 1 is 1.71 bits per heavy atom. The van der Waals surface area contributed by atoms with Crippen LogP contribution in [-0.4, -0.2) is 29.2 Å². The van der Waals surface area contributed by atoms with Gasteiger partial charge < -0.3 is 15.6 Å². The summed E-state index contributed by atoms with van der Waals surface area (Å²) < 4.78 is 4.47. The summed E-state index contributed by atoms with van der Waals surface area (Å²) in [6.45, 7) is 0. The molecule has 1 aromatic heterocycles. The first-order chi connectivity index (χ1) is 6.63. The first kappa shape index (κ1) is 10.5. The van der Waals surface area contributed by atoms with Crippen molar-refractivity contribution in [2.45, 2.75) is 12.5 Å². The van der Waals surface area contributed by atoms with Crippen molar-refractivity contribution in [3.05, 3.63) is 24.0 Å². The van der Waals surface area contributed by atoms with Crippen LogP contribution in [0, 0.1) is 0 Å². The van der Waals surface area contributed by atoms with E-state index in [2.05, 4.69) is 9.72 Å². The molecule has 1 unspecified atom stereocenters. The van der Waals surface area contributed by atoms with E-state index in [1.54, 1.807) is 6.07 Å². The van der Waals surface area contributed by atoms with E-state index in [1.807, 2.05) is 0 Å². The molecule has 1 atom stereocenters. The van der Waals surface area contributed by atoms with Crippen molar-refractivity contribution in [1.29, 1.82) is 0 Å². The Morgan fingerprint density at radius 3 is 2.93 bits per heavy atom. The van der Waals surface area contributed by atoms with Crippen molar-refractivity contribution in [3.63, 3.8) is 0 Å². The Morgan fingerprint density at radius 2 is 2.43 bits per heavy atom. The summed E-state index contributed by atoms with van der Waals surface area (Å²) in [6.07, 6.45) is 1.60. The zero-order valence-corrected chi connectivity index (χ0v) is 7.80. The van der Waals surface area contributed by atoms with Crippen molar-refractivity contribution >= 4 is 5.97 Å². The lowest BCUT2D eigenvalue weighted by Crippen LogP contribution is -2.33. The molecule has 0 aliphatic heterocycles. The molecule has 0 aromatic carbocycles. The van der Waals surface area contributed by atoms with Crippen LogP contribution in [0.3, 0.4) is 0 Å². The summed E-state index contributed by atoms with van der Waals surface area (Å²) >= 11 is 0. The van der Waals surface area contributed by atoms with Gasteiger partial charge in [0.15, 0.2) is 0 Å². The number of aromatic nitrogens is 1. The quantitative estimate of drug-likeness (QED) is 0.655. The molecule has 5 heteroatoms. The van der Waals surface area contributed by atoms with Gasteiger partial charge in [0.2, 0.25) is 0 Å². The highest BCUT2D eigenvalue weighted by molar-refractivity contribution is 5.75. The van der Waals surface area contributed by atoms with Gasteiger partial charge >= 0.3 is 5.97 Å². The third-order valence-electron chi connectivity index (χ3n) is 1.74. The third kappa shape index (κ3) is 2.70. The lowest BCUT2D eigenvalue weighted by molar-refractivity contribution is -0.142. The molecule has 1 heterocycles. The molecule has 3 N–H and O–H groups in total. The molecule has 0 saturated heterocycles. The van der Waals surface area contributed by atoms with Crippen molar-refractivity contribution in [3.8, 4) is 5.75 Å². The van der Waals surface area contributed by atoms with E-state index >= 15 is 0 Å². The van der Waals surface area contributed by atoms with E-state index in [4.69, 9.17) is 10.8 Å². The van der Waals surface area contributed by atoms with Crippen molar-refractivity contribution < 1.29 is 14.6 Å². The number of methoxy groups -OCH3 is 1. The van der Waals surface area contributed by atoms with Gasteiger partial charge in [0, 0.05) is 12.1 Å². The van der Waals surface area contributed by atoms with Crippen LogP contribution in [0.5, 0.6) is 5.75 Å². The molecule has 0 aliphatic rings. The summed E-state index contributed by atoms with van der Waals surface area (Å²) in [5, 5.41) is 8.96. The number of nitrogens with zero attached hydrogens (tertiary/aromatic N) is 1. The molecule has 76 valence electrons. The van der Waals surface area contributed by atoms with Crippen molar-refractivity contribution in [2.75, 3.05) is 7.11 Å². The van der Waals surface area contributed by atoms with Crippen LogP contribution >= 0.6 is 0 Å². The lowest BCUT2D eigenvalue weighted by atomic mass is 10.1. The molecule has 0 spiro atoms. The van der Waals surface area contributed by atoms with Gasteiger partial charge in [-0.3, -0.25) is 9.78 Å². The van der Waals surface area contributed by atoms with Gasteiger partial charge in [0.1, 0.15) is 11.8 Å². The van der Waals surface area contributed by atoms with E-state index in [-0.39, 0.29) is 5.75 Å². The van der Waals surface area contributed by atoms with Crippen molar-refractivity contribution in [2.24, 2.45) is 5.73 Å². The highest BCUT2D eigenvalue weighted by Gasteiger charge is 2.14. The van der Waals surface area contributed by atoms with Gasteiger partial charge in [0.25, 0.3) is 0 Å². The normalized spacial score (nSPS) is 12.1. The summed E-state index contributed by atoms with van der Waals surface area (Å²) in [5.74, 6) is -0.389. The first-order valence-electron chi connectivity index (χ1n) is 4.11. The van der Waals surface area contributed by atoms with Gasteiger partial charge in [-0.15, -0.1) is 0 Å². The van der Waals surface area contributed by atoms with Gasteiger partial charge in [-0.25, -0.2) is 0 Å². The van der Waals surface area contributed by atoms with Crippen molar-refractivity contribution in [1.82, 2.24) is 4.98 Å². The maximum absolute atomic E-state index is 11.0. The highest BCUT2D eigenvalue weighted by atomic mass is 16.5. The fraction of sp³-hybridized carbons (Fsp3) is 0.333. The number of carbonyl (C=O) groups excluding carboxylic acids is 1. The van der Waals surface area contributed by atoms with Gasteiger partial charge in [-0.05, 0) is 12.1 Å². The molecule has 0 fully saturated rings. The standard InChI is InChI=1S/C9H12N2O3/c1-14-9(13)8(10)4-6-2-3-7(12)5-11-6/h2-3,5,8,12H,4,10H2,1H3. The first-order valence-corrected chi connectivity index (χ1v) is 4.11. The van der Waals surface area contributed by atoms with E-state index in [1.165, 1.54) is 19.4 Å². The summed E-state index contributed by atoms with van der Waals surface area (Å²) in [7, 11) is 1.28. The van der Waals surface area contributed by atoms with Crippen LogP contribution in [0.15, 0.2) is 18.3 Å². The third-order valence-corrected chi connectivity index (χ3v) is 1.74. The predicted molar refractivity (Wildman–Crippen MR) is 49.6 cm³/mol. The summed E-state index contributed by atoms with van der Waals surface area (Å²) in [4.78, 5) is 14.9. The zero-order valence-electron chi connectivity index (χ0n) is 7.80. The topological polar surface area (TPSA) is 85.4 Å². The van der Waals surface area contributed by atoms with Crippen LogP contribution in [0.1, 0.15) is 5.69 Å².